The number of carboxylic acid groups (broad SMARTS) is 1. The van der Waals surface area contributed by atoms with Gasteiger partial charge >= 0.3 is 5.97 Å². The van der Waals surface area contributed by atoms with Gasteiger partial charge in [0.15, 0.2) is 0 Å². The lowest BCUT2D eigenvalue weighted by atomic mass is 9.90. The molecule has 0 spiro atoms. The maximum absolute atomic E-state index is 12.3. The molecular formula is C15H28N2O3. The second-order valence-corrected chi connectivity index (χ2v) is 5.84. The summed E-state index contributed by atoms with van der Waals surface area (Å²) in [5, 5.41) is 12.1. The molecule has 0 aromatic carbocycles. The molecule has 3 unspecified atom stereocenters. The zero-order chi connectivity index (χ0) is 15.3. The predicted molar refractivity (Wildman–Crippen MR) is 78.5 cm³/mol. The van der Waals surface area contributed by atoms with Gasteiger partial charge in [-0.2, -0.15) is 0 Å². The normalized spacial score (nSPS) is 25.4. The van der Waals surface area contributed by atoms with E-state index >= 15 is 0 Å². The molecule has 1 heterocycles. The minimum Gasteiger partial charge on any atom is -0.481 e. The molecule has 116 valence electrons. The van der Waals surface area contributed by atoms with E-state index in [-0.39, 0.29) is 30.0 Å². The molecule has 0 saturated carbocycles. The number of likely N-dealkylation sites (tertiary alicyclic amines) is 1. The minimum absolute atomic E-state index is 0.0549. The van der Waals surface area contributed by atoms with Gasteiger partial charge in [-0.3, -0.25) is 14.5 Å². The number of hydrogen-bond acceptors (Lipinski definition) is 3. The number of rotatable bonds is 6. The van der Waals surface area contributed by atoms with Crippen LogP contribution < -0.4 is 5.32 Å². The fourth-order valence-electron chi connectivity index (χ4n) is 2.96. The fraction of sp³-hybridized carbons (Fsp3) is 0.867. The van der Waals surface area contributed by atoms with Gasteiger partial charge in [0.05, 0.1) is 12.0 Å². The Labute approximate surface area is 121 Å². The second-order valence-electron chi connectivity index (χ2n) is 5.84. The van der Waals surface area contributed by atoms with E-state index in [9.17, 15) is 9.59 Å². The van der Waals surface area contributed by atoms with Crippen molar-refractivity contribution in [2.24, 2.45) is 5.92 Å². The second kappa shape index (κ2) is 7.62. The predicted octanol–water partition coefficient (Wildman–Crippen LogP) is 1.86. The third kappa shape index (κ3) is 4.20. The van der Waals surface area contributed by atoms with E-state index in [1.807, 2.05) is 13.8 Å². The van der Waals surface area contributed by atoms with Crippen molar-refractivity contribution in [2.75, 3.05) is 6.54 Å². The third-order valence-electron chi connectivity index (χ3n) is 4.49. The van der Waals surface area contributed by atoms with Gasteiger partial charge in [0, 0.05) is 18.6 Å². The molecule has 1 fully saturated rings. The highest BCUT2D eigenvalue weighted by Crippen LogP contribution is 2.24. The molecule has 0 aromatic rings. The zero-order valence-corrected chi connectivity index (χ0v) is 13.1. The highest BCUT2D eigenvalue weighted by molar-refractivity contribution is 5.81. The molecule has 2 N–H and O–H groups in total. The van der Waals surface area contributed by atoms with Crippen LogP contribution in [-0.2, 0) is 9.59 Å². The van der Waals surface area contributed by atoms with E-state index in [2.05, 4.69) is 24.1 Å². The van der Waals surface area contributed by atoms with Gasteiger partial charge in [0.1, 0.15) is 0 Å². The molecule has 0 aliphatic carbocycles. The average Bonchev–Trinajstić information content (AvgIpc) is 2.43. The maximum atomic E-state index is 12.3. The molecule has 0 aromatic heterocycles. The van der Waals surface area contributed by atoms with Crippen LogP contribution in [0.3, 0.4) is 0 Å². The number of carboxylic acids is 1. The van der Waals surface area contributed by atoms with E-state index in [1.54, 1.807) is 0 Å². The van der Waals surface area contributed by atoms with Crippen molar-refractivity contribution in [1.29, 1.82) is 0 Å². The first-order valence-electron chi connectivity index (χ1n) is 7.69. The van der Waals surface area contributed by atoms with Crippen LogP contribution in [0.5, 0.6) is 0 Å². The topological polar surface area (TPSA) is 69.6 Å². The lowest BCUT2D eigenvalue weighted by Gasteiger charge is -2.39. The Morgan fingerprint density at radius 2 is 1.95 bits per heavy atom. The van der Waals surface area contributed by atoms with Crippen LogP contribution in [0.2, 0.25) is 0 Å². The standard InChI is InChI=1S/C15H28N2O3/c1-5-13(6-2)16-14(18)11(4)17-8-7-12(15(19)20)9-10(17)3/h10-13H,5-9H2,1-4H3,(H,16,18)(H,19,20). The summed E-state index contributed by atoms with van der Waals surface area (Å²) in [6, 6.07) is 0.171. The Hall–Kier alpha value is -1.10. The van der Waals surface area contributed by atoms with Gasteiger partial charge in [-0.1, -0.05) is 13.8 Å². The van der Waals surface area contributed by atoms with E-state index in [0.29, 0.717) is 19.4 Å². The smallest absolute Gasteiger partial charge is 0.306 e. The third-order valence-corrected chi connectivity index (χ3v) is 4.49. The monoisotopic (exact) mass is 284 g/mol. The van der Waals surface area contributed by atoms with E-state index in [1.165, 1.54) is 0 Å². The highest BCUT2D eigenvalue weighted by Gasteiger charge is 2.34. The van der Waals surface area contributed by atoms with Gasteiger partial charge < -0.3 is 10.4 Å². The molecule has 1 amide bonds. The van der Waals surface area contributed by atoms with E-state index in [0.717, 1.165) is 12.8 Å². The summed E-state index contributed by atoms with van der Waals surface area (Å²) in [6.45, 7) is 8.74. The van der Waals surface area contributed by atoms with Crippen molar-refractivity contribution in [3.8, 4) is 0 Å². The molecule has 1 saturated heterocycles. The Morgan fingerprint density at radius 3 is 2.40 bits per heavy atom. The molecule has 3 atom stereocenters. The molecule has 1 rings (SSSR count). The number of nitrogens with zero attached hydrogens (tertiary/aromatic N) is 1. The SMILES string of the molecule is CCC(CC)NC(=O)C(C)N1CCC(C(=O)O)CC1C. The summed E-state index contributed by atoms with van der Waals surface area (Å²) in [5.74, 6) is -0.930. The van der Waals surface area contributed by atoms with Crippen molar-refractivity contribution < 1.29 is 14.7 Å². The van der Waals surface area contributed by atoms with Crippen LogP contribution in [0.1, 0.15) is 53.4 Å². The molecule has 1 aliphatic rings. The van der Waals surface area contributed by atoms with Gasteiger partial charge in [-0.15, -0.1) is 0 Å². The van der Waals surface area contributed by atoms with Crippen LogP contribution in [0.4, 0.5) is 0 Å². The number of piperidine rings is 1. The molecule has 0 radical (unpaired) electrons. The molecular weight excluding hydrogens is 256 g/mol. The first-order chi connectivity index (χ1) is 9.40. The molecule has 1 aliphatic heterocycles. The summed E-state index contributed by atoms with van der Waals surface area (Å²) in [5.41, 5.74) is 0. The lowest BCUT2D eigenvalue weighted by molar-refractivity contribution is -0.144. The zero-order valence-electron chi connectivity index (χ0n) is 13.1. The van der Waals surface area contributed by atoms with Crippen molar-refractivity contribution in [1.82, 2.24) is 10.2 Å². The first kappa shape index (κ1) is 17.0. The van der Waals surface area contributed by atoms with Crippen molar-refractivity contribution >= 4 is 11.9 Å². The Balaban J connectivity index is 2.57. The Morgan fingerprint density at radius 1 is 1.35 bits per heavy atom. The quantitative estimate of drug-likeness (QED) is 0.781. The molecule has 5 heteroatoms. The van der Waals surface area contributed by atoms with Crippen molar-refractivity contribution in [2.45, 2.75) is 71.5 Å². The number of nitrogens with one attached hydrogen (secondary N) is 1. The number of amides is 1. The van der Waals surface area contributed by atoms with Gasteiger partial charge in [-0.05, 0) is 39.5 Å². The summed E-state index contributed by atoms with van der Waals surface area (Å²) >= 11 is 0. The largest absolute Gasteiger partial charge is 0.481 e. The Bertz CT molecular complexity index is 342. The van der Waals surface area contributed by atoms with Gasteiger partial charge in [0.2, 0.25) is 5.91 Å². The molecule has 20 heavy (non-hydrogen) atoms. The van der Waals surface area contributed by atoms with Crippen LogP contribution in [0, 0.1) is 5.92 Å². The fourth-order valence-corrected chi connectivity index (χ4v) is 2.96. The van der Waals surface area contributed by atoms with Gasteiger partial charge in [-0.25, -0.2) is 0 Å². The van der Waals surface area contributed by atoms with Crippen LogP contribution in [-0.4, -0.2) is 46.6 Å². The van der Waals surface area contributed by atoms with Crippen LogP contribution >= 0.6 is 0 Å². The number of aliphatic carboxylic acids is 1. The molecule has 0 bridgehead atoms. The van der Waals surface area contributed by atoms with Crippen molar-refractivity contribution in [3.05, 3.63) is 0 Å². The van der Waals surface area contributed by atoms with Crippen LogP contribution in [0.15, 0.2) is 0 Å². The summed E-state index contributed by atoms with van der Waals surface area (Å²) in [7, 11) is 0. The number of carbonyl (C=O) groups excluding carboxylic acids is 1. The van der Waals surface area contributed by atoms with Crippen LogP contribution in [0.25, 0.3) is 0 Å². The van der Waals surface area contributed by atoms with Gasteiger partial charge in [0.25, 0.3) is 0 Å². The summed E-state index contributed by atoms with van der Waals surface area (Å²) in [6.07, 6.45) is 3.12. The number of hydrogen-bond donors (Lipinski definition) is 2. The minimum atomic E-state index is -0.717. The number of carbonyl (C=O) groups is 2. The Kier molecular flexibility index (Phi) is 6.46. The average molecular weight is 284 g/mol. The first-order valence-corrected chi connectivity index (χ1v) is 7.69. The maximum Gasteiger partial charge on any atom is 0.306 e. The summed E-state index contributed by atoms with van der Waals surface area (Å²) in [4.78, 5) is 25.4. The van der Waals surface area contributed by atoms with Crippen molar-refractivity contribution in [3.63, 3.8) is 0 Å². The lowest BCUT2D eigenvalue weighted by Crippen LogP contribution is -2.54. The highest BCUT2D eigenvalue weighted by atomic mass is 16.4. The van der Waals surface area contributed by atoms with E-state index in [4.69, 9.17) is 5.11 Å². The molecule has 5 nitrogen and oxygen atoms in total. The summed E-state index contributed by atoms with van der Waals surface area (Å²) < 4.78 is 0. The van der Waals surface area contributed by atoms with E-state index < -0.39 is 5.97 Å².